The van der Waals surface area contributed by atoms with E-state index in [0.717, 1.165) is 5.56 Å². The van der Waals surface area contributed by atoms with Crippen LogP contribution in [0.1, 0.15) is 5.56 Å². The number of halogens is 1. The quantitative estimate of drug-likeness (QED) is 0.519. The molecule has 0 radical (unpaired) electrons. The van der Waals surface area contributed by atoms with Gasteiger partial charge in [0.1, 0.15) is 23.8 Å². The lowest BCUT2D eigenvalue weighted by Gasteiger charge is -2.09. The average molecular weight is 383 g/mol. The number of aromatic nitrogens is 3. The largest absolute Gasteiger partial charge is 0.368 e. The molecule has 0 atom stereocenters. The number of rotatable bonds is 8. The molecule has 0 unspecified atom stereocenters. The van der Waals surface area contributed by atoms with E-state index < -0.39 is 0 Å². The second-order valence-corrected chi connectivity index (χ2v) is 6.08. The number of nitrogens with zero attached hydrogens (tertiary/aromatic N) is 3. The van der Waals surface area contributed by atoms with Crippen LogP contribution in [-0.2, 0) is 11.2 Å². The number of carbonyl (C=O) groups excluding carboxylic acids is 1. The number of nitrogens with one attached hydrogen (secondary N) is 3. The molecule has 0 aliphatic rings. The zero-order valence-electron chi connectivity index (χ0n) is 14.5. The molecule has 0 spiro atoms. The molecule has 0 saturated heterocycles. The number of hydrogen-bond donors (Lipinski definition) is 3. The van der Waals surface area contributed by atoms with E-state index in [-0.39, 0.29) is 12.3 Å². The Morgan fingerprint density at radius 2 is 1.74 bits per heavy atom. The minimum Gasteiger partial charge on any atom is -0.368 e. The summed E-state index contributed by atoms with van der Waals surface area (Å²) < 4.78 is 0. The monoisotopic (exact) mass is 382 g/mol. The van der Waals surface area contributed by atoms with Crippen molar-refractivity contribution in [3.8, 4) is 0 Å². The van der Waals surface area contributed by atoms with Gasteiger partial charge in [0, 0.05) is 30.4 Å². The Balaban J connectivity index is 1.43. The Bertz CT molecular complexity index is 890. The molecule has 2 aromatic heterocycles. The van der Waals surface area contributed by atoms with Crippen molar-refractivity contribution >= 4 is 35.0 Å². The van der Waals surface area contributed by atoms with E-state index >= 15 is 0 Å². The highest BCUT2D eigenvalue weighted by Crippen LogP contribution is 2.15. The zero-order valence-corrected chi connectivity index (χ0v) is 15.3. The molecule has 0 bridgehead atoms. The van der Waals surface area contributed by atoms with Gasteiger partial charge in [-0.05, 0) is 23.8 Å². The van der Waals surface area contributed by atoms with E-state index in [1.807, 2.05) is 36.4 Å². The minimum absolute atomic E-state index is 0.0786. The summed E-state index contributed by atoms with van der Waals surface area (Å²) in [4.78, 5) is 24.5. The topological polar surface area (TPSA) is 91.8 Å². The molecule has 0 fully saturated rings. The summed E-state index contributed by atoms with van der Waals surface area (Å²) >= 11 is 6.07. The van der Waals surface area contributed by atoms with E-state index in [1.165, 1.54) is 6.33 Å². The second-order valence-electron chi connectivity index (χ2n) is 5.67. The third-order valence-corrected chi connectivity index (χ3v) is 4.02. The number of benzene rings is 1. The van der Waals surface area contributed by atoms with Crippen LogP contribution in [0.5, 0.6) is 0 Å². The summed E-state index contributed by atoms with van der Waals surface area (Å²) in [7, 11) is 0. The van der Waals surface area contributed by atoms with E-state index in [2.05, 4.69) is 30.9 Å². The minimum atomic E-state index is -0.0786. The molecule has 138 valence electrons. The van der Waals surface area contributed by atoms with Crippen LogP contribution >= 0.6 is 11.6 Å². The molecule has 0 aliphatic carbocycles. The van der Waals surface area contributed by atoms with Crippen LogP contribution in [0.4, 0.5) is 17.5 Å². The van der Waals surface area contributed by atoms with E-state index in [4.69, 9.17) is 11.6 Å². The second kappa shape index (κ2) is 9.49. The lowest BCUT2D eigenvalue weighted by molar-refractivity contribution is -0.120. The molecular weight excluding hydrogens is 364 g/mol. The van der Waals surface area contributed by atoms with E-state index in [1.54, 1.807) is 18.3 Å². The van der Waals surface area contributed by atoms with Gasteiger partial charge in [0.2, 0.25) is 5.91 Å². The molecule has 3 aromatic rings. The van der Waals surface area contributed by atoms with E-state index in [0.29, 0.717) is 35.6 Å². The predicted octanol–water partition coefficient (Wildman–Crippen LogP) is 3.04. The first kappa shape index (κ1) is 18.6. The van der Waals surface area contributed by atoms with Gasteiger partial charge in [-0.15, -0.1) is 0 Å². The number of anilines is 3. The molecule has 8 heteroatoms. The van der Waals surface area contributed by atoms with Crippen molar-refractivity contribution < 1.29 is 4.79 Å². The smallest absolute Gasteiger partial charge is 0.224 e. The van der Waals surface area contributed by atoms with Gasteiger partial charge in [-0.2, -0.15) is 0 Å². The maximum Gasteiger partial charge on any atom is 0.224 e. The summed E-state index contributed by atoms with van der Waals surface area (Å²) in [5.74, 6) is 1.91. The Labute approximate surface area is 162 Å². The van der Waals surface area contributed by atoms with Crippen LogP contribution in [0.15, 0.2) is 61.1 Å². The Hall–Kier alpha value is -3.19. The van der Waals surface area contributed by atoms with Gasteiger partial charge < -0.3 is 16.0 Å². The molecule has 1 aromatic carbocycles. The van der Waals surface area contributed by atoms with Crippen LogP contribution in [0.3, 0.4) is 0 Å². The Kier molecular flexibility index (Phi) is 6.54. The maximum atomic E-state index is 12.0. The first-order valence-corrected chi connectivity index (χ1v) is 8.82. The van der Waals surface area contributed by atoms with E-state index in [9.17, 15) is 4.79 Å². The highest BCUT2D eigenvalue weighted by Gasteiger charge is 2.06. The van der Waals surface area contributed by atoms with Gasteiger partial charge in [0.15, 0.2) is 0 Å². The number of amides is 1. The van der Waals surface area contributed by atoms with Gasteiger partial charge in [-0.3, -0.25) is 4.79 Å². The first-order valence-electron chi connectivity index (χ1n) is 8.45. The Morgan fingerprint density at radius 3 is 2.56 bits per heavy atom. The molecule has 2 heterocycles. The lowest BCUT2D eigenvalue weighted by atomic mass is 10.1. The predicted molar refractivity (Wildman–Crippen MR) is 106 cm³/mol. The third-order valence-electron chi connectivity index (χ3n) is 3.65. The number of hydrogen-bond acceptors (Lipinski definition) is 6. The number of pyridine rings is 1. The number of carbonyl (C=O) groups is 1. The normalized spacial score (nSPS) is 10.3. The first-order chi connectivity index (χ1) is 13.2. The summed E-state index contributed by atoms with van der Waals surface area (Å²) in [6, 6.07) is 14.7. The van der Waals surface area contributed by atoms with Crippen molar-refractivity contribution in [2.45, 2.75) is 6.42 Å². The van der Waals surface area contributed by atoms with Crippen LogP contribution in [0, 0.1) is 0 Å². The van der Waals surface area contributed by atoms with Crippen molar-refractivity contribution in [3.63, 3.8) is 0 Å². The van der Waals surface area contributed by atoms with Crippen LogP contribution in [-0.4, -0.2) is 33.9 Å². The van der Waals surface area contributed by atoms with Crippen molar-refractivity contribution in [2.75, 3.05) is 23.7 Å². The average Bonchev–Trinajstić information content (AvgIpc) is 2.68. The molecule has 3 rings (SSSR count). The molecule has 7 nitrogen and oxygen atoms in total. The molecular formula is C19H19ClN6O. The van der Waals surface area contributed by atoms with Gasteiger partial charge in [0.25, 0.3) is 0 Å². The summed E-state index contributed by atoms with van der Waals surface area (Å²) in [5, 5.41) is 9.70. The van der Waals surface area contributed by atoms with Crippen LogP contribution in [0.2, 0.25) is 5.02 Å². The fourth-order valence-electron chi connectivity index (χ4n) is 2.36. The highest BCUT2D eigenvalue weighted by atomic mass is 35.5. The molecule has 3 N–H and O–H groups in total. The Morgan fingerprint density at radius 1 is 0.926 bits per heavy atom. The van der Waals surface area contributed by atoms with Crippen molar-refractivity contribution in [1.29, 1.82) is 0 Å². The van der Waals surface area contributed by atoms with Crippen LogP contribution in [0.25, 0.3) is 0 Å². The zero-order chi connectivity index (χ0) is 18.9. The lowest BCUT2D eigenvalue weighted by Crippen LogP contribution is -2.30. The van der Waals surface area contributed by atoms with Gasteiger partial charge >= 0.3 is 0 Å². The van der Waals surface area contributed by atoms with Gasteiger partial charge in [-0.25, -0.2) is 15.0 Å². The summed E-state index contributed by atoms with van der Waals surface area (Å²) in [5.41, 5.74) is 0.811. The summed E-state index contributed by atoms with van der Waals surface area (Å²) in [6.07, 6.45) is 3.42. The fourth-order valence-corrected chi connectivity index (χ4v) is 2.56. The molecule has 1 amide bonds. The molecule has 0 aliphatic heterocycles. The molecule has 27 heavy (non-hydrogen) atoms. The van der Waals surface area contributed by atoms with Gasteiger partial charge in [-0.1, -0.05) is 35.9 Å². The standard InChI is InChI=1S/C19H19ClN6O/c20-15-6-2-1-5-14(15)11-19(27)23-10-9-22-17-12-18(25-13-24-17)26-16-7-3-4-8-21-16/h1-8,12-13H,9-11H2,(H,23,27)(H2,21,22,24,25,26). The van der Waals surface area contributed by atoms with Crippen LogP contribution < -0.4 is 16.0 Å². The van der Waals surface area contributed by atoms with Crippen molar-refractivity contribution in [1.82, 2.24) is 20.3 Å². The van der Waals surface area contributed by atoms with Crippen molar-refractivity contribution in [2.24, 2.45) is 0 Å². The highest BCUT2D eigenvalue weighted by molar-refractivity contribution is 6.31. The third kappa shape index (κ3) is 5.93. The fraction of sp³-hybridized carbons (Fsp3) is 0.158. The van der Waals surface area contributed by atoms with Crippen molar-refractivity contribution in [3.05, 3.63) is 71.6 Å². The molecule has 0 saturated carbocycles. The maximum absolute atomic E-state index is 12.0. The van der Waals surface area contributed by atoms with Gasteiger partial charge in [0.05, 0.1) is 6.42 Å². The SMILES string of the molecule is O=C(Cc1ccccc1Cl)NCCNc1cc(Nc2ccccn2)ncn1. The summed E-state index contributed by atoms with van der Waals surface area (Å²) in [6.45, 7) is 1.00.